The molecule has 0 saturated carbocycles. The molecule has 3 aliphatic rings. The van der Waals surface area contributed by atoms with E-state index in [4.69, 9.17) is 14.2 Å². The number of hydrogen-bond acceptors (Lipinski definition) is 8. The summed E-state index contributed by atoms with van der Waals surface area (Å²) >= 11 is 0. The average molecular weight is 660 g/mol. The molecule has 2 heterocycles. The van der Waals surface area contributed by atoms with Crippen molar-refractivity contribution in [3.63, 3.8) is 0 Å². The van der Waals surface area contributed by atoms with Gasteiger partial charge in [-0.3, -0.25) is 29.0 Å². The SMILES string of the molecule is COC1=CC=C2C(Oc3ccc(NC(=O)c4c(C)n(C[C@@H](C)OC(=O)CN(C)C)n(C5=CC=CCC5C)c4=O)cc3F)=CC=NC2(C)C1. The van der Waals surface area contributed by atoms with Gasteiger partial charge in [-0.05, 0) is 77.7 Å². The van der Waals surface area contributed by atoms with Gasteiger partial charge < -0.3 is 19.5 Å². The predicted molar refractivity (Wildman–Crippen MR) is 182 cm³/mol. The summed E-state index contributed by atoms with van der Waals surface area (Å²) in [5.41, 5.74) is 0.813. The van der Waals surface area contributed by atoms with Crippen molar-refractivity contribution in [2.75, 3.05) is 33.1 Å². The summed E-state index contributed by atoms with van der Waals surface area (Å²) in [7, 11) is 5.14. The van der Waals surface area contributed by atoms with Gasteiger partial charge in [0.25, 0.3) is 11.5 Å². The molecule has 1 aliphatic heterocycles. The molecule has 0 bridgehead atoms. The monoisotopic (exact) mass is 659 g/mol. The molecule has 1 amide bonds. The lowest BCUT2D eigenvalue weighted by Gasteiger charge is -2.34. The average Bonchev–Trinajstić information content (AvgIpc) is 3.25. The normalized spacial score (nSPS) is 20.6. The maximum Gasteiger partial charge on any atom is 0.320 e. The van der Waals surface area contributed by atoms with Gasteiger partial charge in [0.2, 0.25) is 0 Å². The Labute approximate surface area is 279 Å². The molecular weight excluding hydrogens is 617 g/mol. The fourth-order valence-electron chi connectivity index (χ4n) is 6.07. The van der Waals surface area contributed by atoms with Crippen LogP contribution in [0.25, 0.3) is 5.70 Å². The highest BCUT2D eigenvalue weighted by Crippen LogP contribution is 2.40. The molecule has 2 aliphatic carbocycles. The first-order valence-corrected chi connectivity index (χ1v) is 15.8. The largest absolute Gasteiger partial charge is 0.501 e. The Morgan fingerprint density at radius 2 is 1.98 bits per heavy atom. The van der Waals surface area contributed by atoms with Crippen molar-refractivity contribution >= 4 is 29.5 Å². The number of amides is 1. The quantitative estimate of drug-likeness (QED) is 0.328. The zero-order valence-electron chi connectivity index (χ0n) is 28.4. The number of allylic oxidation sites excluding steroid dienone is 7. The van der Waals surface area contributed by atoms with Crippen LogP contribution in [0.5, 0.6) is 5.75 Å². The van der Waals surface area contributed by atoms with Gasteiger partial charge in [0.05, 0.1) is 37.2 Å². The molecule has 1 aromatic carbocycles. The summed E-state index contributed by atoms with van der Waals surface area (Å²) < 4.78 is 35.5. The molecule has 0 radical (unpaired) electrons. The van der Waals surface area contributed by atoms with Crippen molar-refractivity contribution in [2.24, 2.45) is 10.9 Å². The van der Waals surface area contributed by atoms with Gasteiger partial charge in [0.1, 0.15) is 17.4 Å². The Hall–Kier alpha value is -4.97. The van der Waals surface area contributed by atoms with Crippen LogP contribution in [-0.4, -0.2) is 71.7 Å². The van der Waals surface area contributed by atoms with Crippen LogP contribution in [0.4, 0.5) is 10.1 Å². The highest BCUT2D eigenvalue weighted by Gasteiger charge is 2.37. The number of ether oxygens (including phenoxy) is 3. The number of carbonyl (C=O) groups is 2. The molecule has 12 heteroatoms. The number of dihydropyridines is 1. The molecule has 48 heavy (non-hydrogen) atoms. The minimum Gasteiger partial charge on any atom is -0.501 e. The number of esters is 1. The highest BCUT2D eigenvalue weighted by atomic mass is 19.1. The molecule has 1 aromatic heterocycles. The number of nitrogens with zero attached hydrogens (tertiary/aromatic N) is 4. The van der Waals surface area contributed by atoms with E-state index < -0.39 is 34.9 Å². The van der Waals surface area contributed by atoms with Gasteiger partial charge in [0, 0.05) is 41.6 Å². The maximum absolute atomic E-state index is 15.4. The van der Waals surface area contributed by atoms with E-state index in [1.165, 1.54) is 16.8 Å². The number of likely N-dealkylation sites (N-methyl/N-ethyl adjacent to an activating group) is 1. The van der Waals surface area contributed by atoms with E-state index in [2.05, 4.69) is 10.3 Å². The molecule has 2 aromatic rings. The number of hydrogen-bond donors (Lipinski definition) is 1. The minimum atomic E-state index is -0.699. The van der Waals surface area contributed by atoms with E-state index in [9.17, 15) is 14.4 Å². The van der Waals surface area contributed by atoms with Crippen molar-refractivity contribution in [1.82, 2.24) is 14.3 Å². The zero-order chi connectivity index (χ0) is 34.7. The molecule has 254 valence electrons. The van der Waals surface area contributed by atoms with Crippen LogP contribution < -0.4 is 15.6 Å². The van der Waals surface area contributed by atoms with E-state index >= 15 is 4.39 Å². The Morgan fingerprint density at radius 1 is 1.21 bits per heavy atom. The fourth-order valence-corrected chi connectivity index (χ4v) is 6.07. The molecule has 0 saturated heterocycles. The molecule has 1 N–H and O–H groups in total. The maximum atomic E-state index is 15.4. The summed E-state index contributed by atoms with van der Waals surface area (Å²) in [6, 6.07) is 4.09. The van der Waals surface area contributed by atoms with E-state index in [1.807, 2.05) is 44.2 Å². The number of carbonyl (C=O) groups excluding carboxylic acids is 2. The Bertz CT molecular complexity index is 1860. The standard InChI is InChI=1S/C36H42FN5O6/c1-22-10-8-9-11-29(22)42-35(45)33(24(3)41(42)20-23(2)47-32(43)21-40(5)6)34(44)39-25-12-15-31(28(37)18-25)48-30-16-17-38-36(4)19-26(46-7)13-14-27(30)36/h8-9,11-18,22-23H,10,19-21H2,1-7H3,(H,39,44)/t22?,23-,36?/m1/s1. The molecule has 2 unspecified atom stereocenters. The Morgan fingerprint density at radius 3 is 2.67 bits per heavy atom. The summed E-state index contributed by atoms with van der Waals surface area (Å²) in [4.78, 5) is 46.2. The molecule has 11 nitrogen and oxygen atoms in total. The second kappa shape index (κ2) is 14.0. The molecule has 0 fully saturated rings. The van der Waals surface area contributed by atoms with E-state index in [-0.39, 0.29) is 36.0 Å². The lowest BCUT2D eigenvalue weighted by molar-refractivity contribution is -0.149. The number of rotatable bonds is 11. The second-order valence-corrected chi connectivity index (χ2v) is 12.7. The summed E-state index contributed by atoms with van der Waals surface area (Å²) in [5, 5.41) is 2.68. The van der Waals surface area contributed by atoms with Gasteiger partial charge in [-0.25, -0.2) is 9.07 Å². The number of benzene rings is 1. The van der Waals surface area contributed by atoms with Crippen molar-refractivity contribution in [3.8, 4) is 5.75 Å². The first-order valence-electron chi connectivity index (χ1n) is 15.8. The number of methoxy groups -OCH3 is 1. The van der Waals surface area contributed by atoms with Gasteiger partial charge in [-0.1, -0.05) is 19.1 Å². The van der Waals surface area contributed by atoms with Gasteiger partial charge in [-0.15, -0.1) is 0 Å². The van der Waals surface area contributed by atoms with Gasteiger partial charge in [0.15, 0.2) is 11.6 Å². The smallest absolute Gasteiger partial charge is 0.320 e. The third-order valence-electron chi connectivity index (χ3n) is 8.53. The van der Waals surface area contributed by atoms with E-state index in [0.717, 1.165) is 23.8 Å². The third-order valence-corrected chi connectivity index (χ3v) is 8.53. The van der Waals surface area contributed by atoms with Crippen LogP contribution in [0.3, 0.4) is 0 Å². The third kappa shape index (κ3) is 7.13. The summed E-state index contributed by atoms with van der Waals surface area (Å²) in [6.07, 6.45) is 13.4. The number of fused-ring (bicyclic) bond motifs is 1. The zero-order valence-corrected chi connectivity index (χ0v) is 28.4. The summed E-state index contributed by atoms with van der Waals surface area (Å²) in [6.45, 7) is 7.61. The first-order chi connectivity index (χ1) is 22.8. The molecule has 5 rings (SSSR count). The van der Waals surface area contributed by atoms with Crippen molar-refractivity contribution in [3.05, 3.63) is 99.2 Å². The number of aliphatic imine (C=N–C) groups is 1. The molecular formula is C36H42FN5O6. The van der Waals surface area contributed by atoms with E-state index in [1.54, 1.807) is 56.9 Å². The van der Waals surface area contributed by atoms with Gasteiger partial charge >= 0.3 is 5.97 Å². The number of halogens is 1. The van der Waals surface area contributed by atoms with Crippen LogP contribution in [0, 0.1) is 18.7 Å². The lowest BCUT2D eigenvalue weighted by Crippen LogP contribution is -2.32. The first kappa shape index (κ1) is 34.4. The Kier molecular flexibility index (Phi) is 10.0. The molecule has 0 spiro atoms. The van der Waals surface area contributed by atoms with Crippen LogP contribution >= 0.6 is 0 Å². The number of nitrogens with one attached hydrogen (secondary N) is 1. The van der Waals surface area contributed by atoms with Crippen molar-refractivity contribution in [1.29, 1.82) is 0 Å². The summed E-state index contributed by atoms with van der Waals surface area (Å²) in [5.74, 6) is -0.594. The fraction of sp³-hybridized carbons (Fsp3) is 0.389. The van der Waals surface area contributed by atoms with Crippen LogP contribution in [-0.2, 0) is 20.8 Å². The van der Waals surface area contributed by atoms with Crippen LogP contribution in [0.15, 0.2) is 81.5 Å². The van der Waals surface area contributed by atoms with Crippen LogP contribution in [0.2, 0.25) is 0 Å². The second-order valence-electron chi connectivity index (χ2n) is 12.7. The number of anilines is 1. The number of aromatic nitrogens is 2. The van der Waals surface area contributed by atoms with Gasteiger partial charge in [-0.2, -0.15) is 0 Å². The van der Waals surface area contributed by atoms with E-state index in [0.29, 0.717) is 23.6 Å². The topological polar surface area (TPSA) is 116 Å². The Balaban J connectivity index is 1.39. The lowest BCUT2D eigenvalue weighted by atomic mass is 9.82. The van der Waals surface area contributed by atoms with Crippen molar-refractivity contribution < 1.29 is 28.2 Å². The highest BCUT2D eigenvalue weighted by molar-refractivity contribution is 6.05. The van der Waals surface area contributed by atoms with Crippen LogP contribution in [0.1, 0.15) is 49.7 Å². The minimum absolute atomic E-state index is 0.00394. The van der Waals surface area contributed by atoms with Crippen molar-refractivity contribution in [2.45, 2.75) is 58.7 Å². The molecule has 3 atom stereocenters. The predicted octanol–water partition coefficient (Wildman–Crippen LogP) is 5.25.